The van der Waals surface area contributed by atoms with E-state index >= 15 is 0 Å². The van der Waals surface area contributed by atoms with Gasteiger partial charge in [0.2, 0.25) is 5.28 Å². The lowest BCUT2D eigenvalue weighted by atomic mass is 10.2. The van der Waals surface area contributed by atoms with Gasteiger partial charge in [-0.3, -0.25) is 4.72 Å². The van der Waals surface area contributed by atoms with E-state index in [1.54, 1.807) is 48.5 Å². The summed E-state index contributed by atoms with van der Waals surface area (Å²) in [6, 6.07) is 13.4. The zero-order valence-electron chi connectivity index (χ0n) is 13.6. The molecule has 2 aromatic carbocycles. The first-order valence-corrected chi connectivity index (χ1v) is 9.73. The highest BCUT2D eigenvalue weighted by atomic mass is 35.5. The number of para-hydroxylation sites is 2. The van der Waals surface area contributed by atoms with Crippen LogP contribution < -0.4 is 10.0 Å². The summed E-state index contributed by atoms with van der Waals surface area (Å²) in [7, 11) is -3.74. The molecular formula is C17H14Cl2N4O2S. The van der Waals surface area contributed by atoms with Crippen molar-refractivity contribution in [3.05, 3.63) is 70.6 Å². The summed E-state index contributed by atoms with van der Waals surface area (Å²) in [5.41, 5.74) is 1.79. The molecule has 0 aliphatic rings. The zero-order valence-corrected chi connectivity index (χ0v) is 15.9. The molecule has 3 aromatic rings. The number of anilines is 3. The van der Waals surface area contributed by atoms with Crippen LogP contribution in [0.25, 0.3) is 0 Å². The number of hydrogen-bond acceptors (Lipinski definition) is 5. The standard InChI is InChI=1S/C17H14Cl2N4O2S/c1-11-6-8-12(9-7-11)26(24,25)23-15-5-3-2-4-14(15)21-16-13(18)10-20-17(19)22-16/h2-10,23H,1H3,(H,20,21,22). The van der Waals surface area contributed by atoms with Gasteiger partial charge in [-0.05, 0) is 42.8 Å². The molecule has 0 bridgehead atoms. The smallest absolute Gasteiger partial charge is 0.261 e. The molecule has 3 rings (SSSR count). The number of aryl methyl sites for hydroxylation is 1. The largest absolute Gasteiger partial charge is 0.337 e. The monoisotopic (exact) mass is 408 g/mol. The predicted molar refractivity (Wildman–Crippen MR) is 104 cm³/mol. The van der Waals surface area contributed by atoms with Gasteiger partial charge in [0.1, 0.15) is 5.02 Å². The predicted octanol–water partition coefficient (Wildman–Crippen LogP) is 4.64. The van der Waals surface area contributed by atoms with Crippen molar-refractivity contribution >= 4 is 50.4 Å². The molecule has 0 spiro atoms. The summed E-state index contributed by atoms with van der Waals surface area (Å²) in [6.45, 7) is 1.89. The van der Waals surface area contributed by atoms with Gasteiger partial charge in [0.05, 0.1) is 22.5 Å². The lowest BCUT2D eigenvalue weighted by molar-refractivity contribution is 0.601. The average Bonchev–Trinajstić information content (AvgIpc) is 2.60. The maximum atomic E-state index is 12.6. The lowest BCUT2D eigenvalue weighted by Crippen LogP contribution is -2.14. The van der Waals surface area contributed by atoms with E-state index in [2.05, 4.69) is 20.0 Å². The first-order valence-electron chi connectivity index (χ1n) is 7.49. The number of nitrogens with one attached hydrogen (secondary N) is 2. The van der Waals surface area contributed by atoms with Crippen LogP contribution in [-0.4, -0.2) is 18.4 Å². The van der Waals surface area contributed by atoms with Crippen molar-refractivity contribution < 1.29 is 8.42 Å². The Kier molecular flexibility index (Phi) is 5.31. The highest BCUT2D eigenvalue weighted by Gasteiger charge is 2.16. The van der Waals surface area contributed by atoms with E-state index in [0.717, 1.165) is 5.56 Å². The molecule has 1 heterocycles. The van der Waals surface area contributed by atoms with Gasteiger partial charge < -0.3 is 5.32 Å². The molecule has 0 radical (unpaired) electrons. The van der Waals surface area contributed by atoms with E-state index < -0.39 is 10.0 Å². The second-order valence-electron chi connectivity index (χ2n) is 5.42. The fourth-order valence-corrected chi connectivity index (χ4v) is 3.51. The number of rotatable bonds is 5. The number of sulfonamides is 1. The maximum Gasteiger partial charge on any atom is 0.261 e. The molecule has 0 aliphatic carbocycles. The van der Waals surface area contributed by atoms with Crippen molar-refractivity contribution in [1.29, 1.82) is 0 Å². The molecule has 2 N–H and O–H groups in total. The minimum Gasteiger partial charge on any atom is -0.337 e. The number of aromatic nitrogens is 2. The van der Waals surface area contributed by atoms with Crippen molar-refractivity contribution in [2.24, 2.45) is 0 Å². The second kappa shape index (κ2) is 7.49. The van der Waals surface area contributed by atoms with Gasteiger partial charge in [-0.1, -0.05) is 41.4 Å². The van der Waals surface area contributed by atoms with Crippen LogP contribution in [0.2, 0.25) is 10.3 Å². The number of benzene rings is 2. The van der Waals surface area contributed by atoms with Crippen LogP contribution >= 0.6 is 23.2 Å². The Hall–Kier alpha value is -2.35. The molecular weight excluding hydrogens is 395 g/mol. The van der Waals surface area contributed by atoms with E-state index in [1.807, 2.05) is 6.92 Å². The Balaban J connectivity index is 1.92. The Morgan fingerprint density at radius 2 is 1.62 bits per heavy atom. The molecule has 134 valence electrons. The van der Waals surface area contributed by atoms with Crippen molar-refractivity contribution in [1.82, 2.24) is 9.97 Å². The molecule has 1 aromatic heterocycles. The van der Waals surface area contributed by atoms with E-state index in [0.29, 0.717) is 11.4 Å². The zero-order chi connectivity index (χ0) is 18.7. The van der Waals surface area contributed by atoms with Gasteiger partial charge in [-0.15, -0.1) is 0 Å². The fourth-order valence-electron chi connectivity index (χ4n) is 2.16. The molecule has 0 amide bonds. The van der Waals surface area contributed by atoms with E-state index in [4.69, 9.17) is 23.2 Å². The first-order chi connectivity index (χ1) is 12.3. The molecule has 0 saturated heterocycles. The van der Waals surface area contributed by atoms with Crippen LogP contribution in [-0.2, 0) is 10.0 Å². The van der Waals surface area contributed by atoms with Gasteiger partial charge in [0.15, 0.2) is 5.82 Å². The SMILES string of the molecule is Cc1ccc(S(=O)(=O)Nc2ccccc2Nc2nc(Cl)ncc2Cl)cc1. The molecule has 6 nitrogen and oxygen atoms in total. The first kappa shape index (κ1) is 18.4. The fraction of sp³-hybridized carbons (Fsp3) is 0.0588. The third kappa shape index (κ3) is 4.24. The van der Waals surface area contributed by atoms with E-state index in [1.165, 1.54) is 6.20 Å². The van der Waals surface area contributed by atoms with Crippen molar-refractivity contribution in [2.75, 3.05) is 10.0 Å². The third-order valence-corrected chi connectivity index (χ3v) is 5.31. The van der Waals surface area contributed by atoms with Crippen LogP contribution in [0.3, 0.4) is 0 Å². The van der Waals surface area contributed by atoms with Crippen LogP contribution in [0.5, 0.6) is 0 Å². The van der Waals surface area contributed by atoms with Crippen LogP contribution in [0.4, 0.5) is 17.2 Å². The average molecular weight is 409 g/mol. The minimum atomic E-state index is -3.74. The molecule has 0 unspecified atom stereocenters. The molecule has 9 heteroatoms. The Bertz CT molecular complexity index is 1040. The van der Waals surface area contributed by atoms with Crippen LogP contribution in [0.1, 0.15) is 5.56 Å². The van der Waals surface area contributed by atoms with Crippen molar-refractivity contribution in [3.8, 4) is 0 Å². The summed E-state index contributed by atoms with van der Waals surface area (Å²) in [6.07, 6.45) is 1.36. The van der Waals surface area contributed by atoms with Gasteiger partial charge >= 0.3 is 0 Å². The van der Waals surface area contributed by atoms with E-state index in [9.17, 15) is 8.42 Å². The Morgan fingerprint density at radius 3 is 2.31 bits per heavy atom. The second-order valence-corrected chi connectivity index (χ2v) is 7.85. The Morgan fingerprint density at radius 1 is 0.962 bits per heavy atom. The molecule has 0 fully saturated rings. The van der Waals surface area contributed by atoms with Gasteiger partial charge in [0.25, 0.3) is 10.0 Å². The third-order valence-electron chi connectivity index (χ3n) is 3.47. The molecule has 0 aliphatic heterocycles. The van der Waals surface area contributed by atoms with Gasteiger partial charge in [0, 0.05) is 0 Å². The van der Waals surface area contributed by atoms with Gasteiger partial charge in [-0.2, -0.15) is 4.98 Å². The highest BCUT2D eigenvalue weighted by Crippen LogP contribution is 2.30. The summed E-state index contributed by atoms with van der Waals surface area (Å²) >= 11 is 11.8. The van der Waals surface area contributed by atoms with Crippen molar-refractivity contribution in [3.63, 3.8) is 0 Å². The summed E-state index contributed by atoms with van der Waals surface area (Å²) in [4.78, 5) is 7.96. The molecule has 0 saturated carbocycles. The number of nitrogens with zero attached hydrogens (tertiary/aromatic N) is 2. The molecule has 26 heavy (non-hydrogen) atoms. The summed E-state index contributed by atoms with van der Waals surface area (Å²) < 4.78 is 27.8. The normalized spacial score (nSPS) is 11.2. The Labute approximate surface area is 161 Å². The minimum absolute atomic E-state index is 0.0228. The van der Waals surface area contributed by atoms with Crippen LogP contribution in [0, 0.1) is 6.92 Å². The van der Waals surface area contributed by atoms with Crippen LogP contribution in [0.15, 0.2) is 59.6 Å². The highest BCUT2D eigenvalue weighted by molar-refractivity contribution is 7.92. The van der Waals surface area contributed by atoms with Crippen molar-refractivity contribution in [2.45, 2.75) is 11.8 Å². The summed E-state index contributed by atoms with van der Waals surface area (Å²) in [5, 5.41) is 3.25. The topological polar surface area (TPSA) is 84.0 Å². The quantitative estimate of drug-likeness (QED) is 0.600. The number of hydrogen-bond donors (Lipinski definition) is 2. The maximum absolute atomic E-state index is 12.6. The van der Waals surface area contributed by atoms with E-state index in [-0.39, 0.29) is 21.0 Å². The van der Waals surface area contributed by atoms with Gasteiger partial charge in [-0.25, -0.2) is 13.4 Å². The lowest BCUT2D eigenvalue weighted by Gasteiger charge is -2.14. The number of halogens is 2. The summed E-state index contributed by atoms with van der Waals surface area (Å²) in [5.74, 6) is 0.272. The molecule has 0 atom stereocenters.